The molecule has 2 aromatic carbocycles. The third-order valence-electron chi connectivity index (χ3n) is 5.81. The molecule has 0 saturated heterocycles. The van der Waals surface area contributed by atoms with E-state index in [1.165, 1.54) is 17.7 Å². The van der Waals surface area contributed by atoms with Gasteiger partial charge in [-0.1, -0.05) is 18.2 Å². The smallest absolute Gasteiger partial charge is 0.180 e. The summed E-state index contributed by atoms with van der Waals surface area (Å²) in [6.07, 6.45) is 9.91. The molecule has 6 rings (SSSR count). The average molecular weight is 395 g/mol. The van der Waals surface area contributed by atoms with Crippen molar-refractivity contribution in [3.05, 3.63) is 66.7 Å². The molecule has 0 saturated carbocycles. The number of imidazole rings is 1. The van der Waals surface area contributed by atoms with E-state index in [2.05, 4.69) is 68.8 Å². The second-order valence-electron chi connectivity index (χ2n) is 7.80. The molecule has 5 aromatic rings. The Morgan fingerprint density at radius 3 is 3.07 bits per heavy atom. The zero-order chi connectivity index (χ0) is 20.1. The van der Waals surface area contributed by atoms with Gasteiger partial charge in [0.2, 0.25) is 0 Å². The average Bonchev–Trinajstić information content (AvgIpc) is 3.43. The van der Waals surface area contributed by atoms with Gasteiger partial charge < -0.3 is 14.6 Å². The lowest BCUT2D eigenvalue weighted by Gasteiger charge is -2.28. The van der Waals surface area contributed by atoms with E-state index in [4.69, 9.17) is 4.98 Å². The largest absolute Gasteiger partial charge is 0.374 e. The molecule has 4 heterocycles. The van der Waals surface area contributed by atoms with Gasteiger partial charge in [0.15, 0.2) is 11.5 Å². The number of aromatic amines is 1. The predicted molar refractivity (Wildman–Crippen MR) is 119 cm³/mol. The van der Waals surface area contributed by atoms with E-state index in [0.29, 0.717) is 0 Å². The first-order valence-electron chi connectivity index (χ1n) is 10.1. The van der Waals surface area contributed by atoms with Gasteiger partial charge in [-0.15, -0.1) is 0 Å². The molecular formula is C23H21N7. The molecule has 3 aromatic heterocycles. The summed E-state index contributed by atoms with van der Waals surface area (Å²) in [5, 5.41) is 11.7. The van der Waals surface area contributed by atoms with E-state index in [-0.39, 0.29) is 0 Å². The summed E-state index contributed by atoms with van der Waals surface area (Å²) in [7, 11) is 2.15. The molecule has 0 spiro atoms. The summed E-state index contributed by atoms with van der Waals surface area (Å²) in [6.45, 7) is 1.09. The van der Waals surface area contributed by atoms with Crippen LogP contribution in [0.1, 0.15) is 12.0 Å². The van der Waals surface area contributed by atoms with E-state index < -0.39 is 0 Å². The van der Waals surface area contributed by atoms with Crippen LogP contribution in [0.25, 0.3) is 27.8 Å². The predicted octanol–water partition coefficient (Wildman–Crippen LogP) is 4.40. The zero-order valence-corrected chi connectivity index (χ0v) is 16.6. The minimum Gasteiger partial charge on any atom is -0.374 e. The van der Waals surface area contributed by atoms with Gasteiger partial charge in [0.1, 0.15) is 0 Å². The van der Waals surface area contributed by atoms with Crippen molar-refractivity contribution in [1.29, 1.82) is 0 Å². The van der Waals surface area contributed by atoms with Crippen molar-refractivity contribution in [3.8, 4) is 11.3 Å². The lowest BCUT2D eigenvalue weighted by Crippen LogP contribution is -2.24. The monoisotopic (exact) mass is 395 g/mol. The molecule has 30 heavy (non-hydrogen) atoms. The Balaban J connectivity index is 1.43. The topological polar surface area (TPSA) is 74.1 Å². The summed E-state index contributed by atoms with van der Waals surface area (Å²) in [4.78, 5) is 11.7. The van der Waals surface area contributed by atoms with Gasteiger partial charge in [-0.25, -0.2) is 9.97 Å². The van der Waals surface area contributed by atoms with Gasteiger partial charge in [-0.05, 0) is 36.6 Å². The summed E-state index contributed by atoms with van der Waals surface area (Å²) < 4.78 is 2.01. The number of nitrogens with zero attached hydrogens (tertiary/aromatic N) is 5. The Morgan fingerprint density at radius 2 is 2.10 bits per heavy atom. The quantitative estimate of drug-likeness (QED) is 0.474. The number of hydrogen-bond donors (Lipinski definition) is 2. The number of benzene rings is 2. The van der Waals surface area contributed by atoms with Gasteiger partial charge in [0.05, 0.1) is 17.4 Å². The number of anilines is 3. The fraction of sp³-hybridized carbons (Fsp3) is 0.174. The molecule has 1 aliphatic rings. The molecule has 1 aliphatic heterocycles. The van der Waals surface area contributed by atoms with Crippen LogP contribution in [0.5, 0.6) is 0 Å². The number of rotatable bonds is 3. The molecule has 0 atom stereocenters. The molecule has 0 fully saturated rings. The van der Waals surface area contributed by atoms with Crippen molar-refractivity contribution in [2.75, 3.05) is 23.8 Å². The zero-order valence-electron chi connectivity index (χ0n) is 16.6. The Bertz CT molecular complexity index is 1380. The van der Waals surface area contributed by atoms with Crippen molar-refractivity contribution in [1.82, 2.24) is 24.6 Å². The summed E-state index contributed by atoms with van der Waals surface area (Å²) >= 11 is 0. The van der Waals surface area contributed by atoms with Crippen molar-refractivity contribution < 1.29 is 0 Å². The van der Waals surface area contributed by atoms with E-state index in [1.807, 2.05) is 23.0 Å². The summed E-state index contributed by atoms with van der Waals surface area (Å²) in [5.74, 6) is 0.737. The van der Waals surface area contributed by atoms with Crippen molar-refractivity contribution in [2.24, 2.45) is 0 Å². The molecule has 0 amide bonds. The fourth-order valence-corrected chi connectivity index (χ4v) is 4.22. The molecule has 2 N–H and O–H groups in total. The Kier molecular flexibility index (Phi) is 3.74. The minimum atomic E-state index is 0.737. The van der Waals surface area contributed by atoms with Crippen LogP contribution in [0.2, 0.25) is 0 Å². The van der Waals surface area contributed by atoms with Crippen molar-refractivity contribution in [3.63, 3.8) is 0 Å². The Morgan fingerprint density at radius 1 is 1.13 bits per heavy atom. The molecule has 0 radical (unpaired) electrons. The van der Waals surface area contributed by atoms with E-state index in [9.17, 15) is 0 Å². The first-order valence-corrected chi connectivity index (χ1v) is 10.1. The Labute approximate surface area is 173 Å². The number of fused-ring (bicyclic) bond motifs is 3. The highest BCUT2D eigenvalue weighted by Crippen LogP contribution is 2.31. The Hall–Kier alpha value is -3.87. The first kappa shape index (κ1) is 17.0. The van der Waals surface area contributed by atoms with Gasteiger partial charge >= 0.3 is 0 Å². The number of aryl methyl sites for hydroxylation is 1. The van der Waals surface area contributed by atoms with Crippen LogP contribution in [0.4, 0.5) is 17.2 Å². The maximum atomic E-state index is 4.92. The maximum absolute atomic E-state index is 4.92. The summed E-state index contributed by atoms with van der Waals surface area (Å²) in [5.41, 5.74) is 7.38. The van der Waals surface area contributed by atoms with Crippen LogP contribution < -0.4 is 10.2 Å². The normalized spacial score (nSPS) is 13.7. The first-order chi connectivity index (χ1) is 14.7. The van der Waals surface area contributed by atoms with Crippen molar-refractivity contribution >= 4 is 33.7 Å². The van der Waals surface area contributed by atoms with Crippen LogP contribution in [0.15, 0.2) is 61.2 Å². The third-order valence-corrected chi connectivity index (χ3v) is 5.81. The van der Waals surface area contributed by atoms with Crippen LogP contribution in [0, 0.1) is 0 Å². The summed E-state index contributed by atoms with van der Waals surface area (Å²) in [6, 6.07) is 12.7. The highest BCUT2D eigenvalue weighted by atomic mass is 15.1. The highest BCUT2D eigenvalue weighted by Gasteiger charge is 2.15. The number of nitrogens with one attached hydrogen (secondary N) is 2. The second-order valence-corrected chi connectivity index (χ2v) is 7.80. The second kappa shape index (κ2) is 6.59. The third kappa shape index (κ3) is 2.78. The fourth-order valence-electron chi connectivity index (χ4n) is 4.22. The van der Waals surface area contributed by atoms with E-state index in [0.717, 1.165) is 52.3 Å². The molecule has 7 heteroatoms. The van der Waals surface area contributed by atoms with Crippen molar-refractivity contribution in [2.45, 2.75) is 12.8 Å². The van der Waals surface area contributed by atoms with Crippen LogP contribution in [-0.2, 0) is 6.42 Å². The molecular weight excluding hydrogens is 374 g/mol. The van der Waals surface area contributed by atoms with E-state index in [1.54, 1.807) is 6.20 Å². The van der Waals surface area contributed by atoms with Gasteiger partial charge in [0.25, 0.3) is 0 Å². The highest BCUT2D eigenvalue weighted by molar-refractivity contribution is 5.84. The SMILES string of the molecule is CN1CCCc2ccc(Nc3nc(-c4ccc5cn[nH]c5c4)cn4ccnc34)cc21. The minimum absolute atomic E-state index is 0.737. The standard InChI is InChI=1S/C23H21N7/c1-29-9-2-3-15-6-7-18(12-21(15)29)26-22-23-24-8-10-30(23)14-20(27-22)16-4-5-17-13-25-28-19(17)11-16/h4-8,10-14H,2-3,9H2,1H3,(H,25,28)(H,26,27). The van der Waals surface area contributed by atoms with Crippen LogP contribution in [-0.4, -0.2) is 38.2 Å². The number of H-pyrrole nitrogens is 1. The number of hydrogen-bond acceptors (Lipinski definition) is 5. The van der Waals surface area contributed by atoms with Gasteiger partial charge in [0, 0.05) is 54.5 Å². The van der Waals surface area contributed by atoms with E-state index >= 15 is 0 Å². The number of aromatic nitrogens is 5. The van der Waals surface area contributed by atoms with Gasteiger partial charge in [-0.2, -0.15) is 5.10 Å². The van der Waals surface area contributed by atoms with Gasteiger partial charge in [-0.3, -0.25) is 5.10 Å². The maximum Gasteiger partial charge on any atom is 0.180 e. The molecule has 0 aliphatic carbocycles. The lowest BCUT2D eigenvalue weighted by molar-refractivity contribution is 0.745. The molecule has 148 valence electrons. The molecule has 0 unspecified atom stereocenters. The van der Waals surface area contributed by atoms with Crippen LogP contribution >= 0.6 is 0 Å². The molecule has 7 nitrogen and oxygen atoms in total. The van der Waals surface area contributed by atoms with Crippen LogP contribution in [0.3, 0.4) is 0 Å². The lowest BCUT2D eigenvalue weighted by atomic mass is 10.0. The molecule has 0 bridgehead atoms.